The van der Waals surface area contributed by atoms with Crippen molar-refractivity contribution < 1.29 is 21.6 Å². The molecule has 0 fully saturated rings. The summed E-state index contributed by atoms with van der Waals surface area (Å²) in [5.41, 5.74) is 1.14. The Bertz CT molecular complexity index is 720. The van der Waals surface area contributed by atoms with E-state index >= 15 is 0 Å². The summed E-state index contributed by atoms with van der Waals surface area (Å²) < 4.78 is 65.3. The van der Waals surface area contributed by atoms with Gasteiger partial charge in [-0.1, -0.05) is 0 Å². The normalized spacial score (nSPS) is 11.8. The van der Waals surface area contributed by atoms with Gasteiger partial charge in [-0.05, 0) is 6.92 Å². The summed E-state index contributed by atoms with van der Waals surface area (Å²) in [6.07, 6.45) is 1.38. The Labute approximate surface area is 112 Å². The maximum Gasteiger partial charge on any atom is 0.246 e. The SMILES string of the molecule is Cc1[nH]ncc1CNS(=O)(=O)c1c(F)cc(F)cc1F. The van der Waals surface area contributed by atoms with Gasteiger partial charge in [0.2, 0.25) is 10.0 Å². The van der Waals surface area contributed by atoms with Crippen molar-refractivity contribution in [3.8, 4) is 0 Å². The Kier molecular flexibility index (Phi) is 3.82. The lowest BCUT2D eigenvalue weighted by molar-refractivity contribution is 0.493. The number of nitrogens with zero attached hydrogens (tertiary/aromatic N) is 1. The average Bonchev–Trinajstić information content (AvgIpc) is 2.70. The summed E-state index contributed by atoms with van der Waals surface area (Å²) in [5.74, 6) is -4.16. The Hall–Kier alpha value is -1.87. The number of nitrogens with one attached hydrogen (secondary N) is 2. The Morgan fingerprint density at radius 2 is 1.85 bits per heavy atom. The summed E-state index contributed by atoms with van der Waals surface area (Å²) in [7, 11) is -4.44. The number of aromatic nitrogens is 2. The van der Waals surface area contributed by atoms with Crippen LogP contribution in [0.1, 0.15) is 11.3 Å². The summed E-state index contributed by atoms with van der Waals surface area (Å²) in [6, 6.07) is 0.613. The van der Waals surface area contributed by atoms with Gasteiger partial charge in [-0.15, -0.1) is 0 Å². The Morgan fingerprint density at radius 3 is 2.35 bits per heavy atom. The van der Waals surface area contributed by atoms with E-state index in [9.17, 15) is 21.6 Å². The van der Waals surface area contributed by atoms with E-state index in [1.165, 1.54) is 6.20 Å². The first kappa shape index (κ1) is 14.5. The van der Waals surface area contributed by atoms with Crippen LogP contribution in [-0.4, -0.2) is 18.6 Å². The molecule has 0 aliphatic carbocycles. The molecule has 0 saturated carbocycles. The first-order chi connectivity index (χ1) is 9.31. The van der Waals surface area contributed by atoms with Crippen LogP contribution >= 0.6 is 0 Å². The van der Waals surface area contributed by atoms with Crippen LogP contribution in [-0.2, 0) is 16.6 Å². The van der Waals surface area contributed by atoms with E-state index in [1.54, 1.807) is 6.92 Å². The van der Waals surface area contributed by atoms with Gasteiger partial charge in [-0.25, -0.2) is 26.3 Å². The summed E-state index contributed by atoms with van der Waals surface area (Å²) in [5, 5.41) is 6.28. The minimum Gasteiger partial charge on any atom is -0.283 e. The molecule has 9 heteroatoms. The van der Waals surface area contributed by atoms with Gasteiger partial charge in [0.05, 0.1) is 6.20 Å². The molecule has 20 heavy (non-hydrogen) atoms. The van der Waals surface area contributed by atoms with Crippen LogP contribution < -0.4 is 4.72 Å². The lowest BCUT2D eigenvalue weighted by Gasteiger charge is -2.08. The van der Waals surface area contributed by atoms with Crippen molar-refractivity contribution in [3.05, 3.63) is 47.0 Å². The molecule has 0 radical (unpaired) electrons. The fourth-order valence-corrected chi connectivity index (χ4v) is 2.71. The lowest BCUT2D eigenvalue weighted by Crippen LogP contribution is -2.25. The van der Waals surface area contributed by atoms with E-state index in [-0.39, 0.29) is 6.54 Å². The molecular formula is C11H10F3N3O2S. The van der Waals surface area contributed by atoms with Crippen molar-refractivity contribution in [1.29, 1.82) is 0 Å². The third kappa shape index (κ3) is 2.83. The molecule has 1 aromatic heterocycles. The number of H-pyrrole nitrogens is 1. The second-order valence-electron chi connectivity index (χ2n) is 4.04. The molecular weight excluding hydrogens is 295 g/mol. The van der Waals surface area contributed by atoms with Gasteiger partial charge >= 0.3 is 0 Å². The van der Waals surface area contributed by atoms with Gasteiger partial charge < -0.3 is 0 Å². The van der Waals surface area contributed by atoms with Gasteiger partial charge in [0.1, 0.15) is 17.5 Å². The van der Waals surface area contributed by atoms with Gasteiger partial charge in [0, 0.05) is 29.9 Å². The molecule has 5 nitrogen and oxygen atoms in total. The van der Waals surface area contributed by atoms with Gasteiger partial charge in [-0.2, -0.15) is 5.10 Å². The van der Waals surface area contributed by atoms with Crippen molar-refractivity contribution in [2.45, 2.75) is 18.4 Å². The molecule has 0 saturated heterocycles. The Morgan fingerprint density at radius 1 is 1.25 bits per heavy atom. The molecule has 2 aromatic rings. The van der Waals surface area contributed by atoms with Crippen molar-refractivity contribution in [2.75, 3.05) is 0 Å². The van der Waals surface area contributed by atoms with E-state index in [0.29, 0.717) is 23.4 Å². The summed E-state index contributed by atoms with van der Waals surface area (Å²) in [4.78, 5) is -1.21. The van der Waals surface area contributed by atoms with E-state index in [0.717, 1.165) is 0 Å². The monoisotopic (exact) mass is 305 g/mol. The molecule has 1 aromatic carbocycles. The van der Waals surface area contributed by atoms with E-state index in [1.807, 2.05) is 4.72 Å². The number of rotatable bonds is 4. The maximum absolute atomic E-state index is 13.4. The number of aromatic amines is 1. The van der Waals surface area contributed by atoms with E-state index < -0.39 is 32.4 Å². The number of aryl methyl sites for hydroxylation is 1. The van der Waals surface area contributed by atoms with Crippen LogP contribution in [0.5, 0.6) is 0 Å². The minimum atomic E-state index is -4.44. The molecule has 2 N–H and O–H groups in total. The third-order valence-corrected chi connectivity index (χ3v) is 4.07. The quantitative estimate of drug-likeness (QED) is 0.901. The highest BCUT2D eigenvalue weighted by molar-refractivity contribution is 7.89. The van der Waals surface area contributed by atoms with E-state index in [2.05, 4.69) is 10.2 Å². The molecule has 0 aliphatic rings. The molecule has 0 atom stereocenters. The van der Waals surface area contributed by atoms with Crippen molar-refractivity contribution >= 4 is 10.0 Å². The Balaban J connectivity index is 2.30. The maximum atomic E-state index is 13.4. The topological polar surface area (TPSA) is 74.8 Å². The van der Waals surface area contributed by atoms with E-state index in [4.69, 9.17) is 0 Å². The highest BCUT2D eigenvalue weighted by Gasteiger charge is 2.25. The molecule has 2 rings (SSSR count). The first-order valence-corrected chi connectivity index (χ1v) is 6.92. The summed E-state index contributed by atoms with van der Waals surface area (Å²) >= 11 is 0. The van der Waals surface area contributed by atoms with Crippen LogP contribution in [0.4, 0.5) is 13.2 Å². The predicted molar refractivity (Wildman–Crippen MR) is 63.7 cm³/mol. The molecule has 0 aliphatic heterocycles. The van der Waals surface area contributed by atoms with Gasteiger partial charge in [0.25, 0.3) is 0 Å². The molecule has 0 bridgehead atoms. The average molecular weight is 305 g/mol. The molecule has 0 spiro atoms. The van der Waals surface area contributed by atoms with Gasteiger partial charge in [-0.3, -0.25) is 5.10 Å². The van der Waals surface area contributed by atoms with Crippen LogP contribution in [0, 0.1) is 24.4 Å². The largest absolute Gasteiger partial charge is 0.283 e. The number of benzene rings is 1. The molecule has 0 amide bonds. The standard InChI is InChI=1S/C11H10F3N3O2S/c1-6-7(4-15-17-6)5-16-20(18,19)11-9(13)2-8(12)3-10(11)14/h2-4,16H,5H2,1H3,(H,15,17). The zero-order chi connectivity index (χ0) is 14.9. The third-order valence-electron chi connectivity index (χ3n) is 2.62. The zero-order valence-corrected chi connectivity index (χ0v) is 11.1. The van der Waals surface area contributed by atoms with Crippen LogP contribution in [0.2, 0.25) is 0 Å². The number of sulfonamides is 1. The molecule has 0 unspecified atom stereocenters. The van der Waals surface area contributed by atoms with Crippen LogP contribution in [0.3, 0.4) is 0 Å². The highest BCUT2D eigenvalue weighted by Crippen LogP contribution is 2.20. The smallest absolute Gasteiger partial charge is 0.246 e. The second kappa shape index (κ2) is 5.25. The van der Waals surface area contributed by atoms with Crippen molar-refractivity contribution in [2.24, 2.45) is 0 Å². The van der Waals surface area contributed by atoms with Crippen LogP contribution in [0.15, 0.2) is 23.2 Å². The highest BCUT2D eigenvalue weighted by atomic mass is 32.2. The van der Waals surface area contributed by atoms with Crippen molar-refractivity contribution in [3.63, 3.8) is 0 Å². The number of hydrogen-bond donors (Lipinski definition) is 2. The fraction of sp³-hybridized carbons (Fsp3) is 0.182. The lowest BCUT2D eigenvalue weighted by atomic mass is 10.3. The van der Waals surface area contributed by atoms with Crippen molar-refractivity contribution in [1.82, 2.24) is 14.9 Å². The molecule has 1 heterocycles. The fourth-order valence-electron chi connectivity index (χ4n) is 1.58. The van der Waals surface area contributed by atoms with Crippen LogP contribution in [0.25, 0.3) is 0 Å². The molecule has 108 valence electrons. The summed E-state index contributed by atoms with van der Waals surface area (Å²) in [6.45, 7) is 1.47. The minimum absolute atomic E-state index is 0.194. The zero-order valence-electron chi connectivity index (χ0n) is 10.2. The number of halogens is 3. The second-order valence-corrected chi connectivity index (χ2v) is 5.75. The predicted octanol–water partition coefficient (Wildman–Crippen LogP) is 1.61. The first-order valence-electron chi connectivity index (χ1n) is 5.44. The van der Waals surface area contributed by atoms with Gasteiger partial charge in [0.15, 0.2) is 4.90 Å². The number of hydrogen-bond acceptors (Lipinski definition) is 3.